The van der Waals surface area contributed by atoms with Crippen LogP contribution in [-0.4, -0.2) is 44.3 Å². The molecule has 118 valence electrons. The lowest BCUT2D eigenvalue weighted by atomic mass is 10.1. The van der Waals surface area contributed by atoms with Gasteiger partial charge in [-0.3, -0.25) is 10.1 Å². The number of methoxy groups -OCH3 is 1. The van der Waals surface area contributed by atoms with Crippen molar-refractivity contribution < 1.29 is 33.4 Å². The summed E-state index contributed by atoms with van der Waals surface area (Å²) in [4.78, 5) is 45.2. The first kappa shape index (κ1) is 17.2. The molecule has 0 saturated heterocycles. The number of ether oxygens (including phenoxy) is 3. The summed E-state index contributed by atoms with van der Waals surface area (Å²) in [5.41, 5.74) is 0.427. The first-order valence-corrected chi connectivity index (χ1v) is 6.30. The molecule has 0 aliphatic rings. The van der Waals surface area contributed by atoms with Crippen molar-refractivity contribution in [3.05, 3.63) is 35.4 Å². The lowest BCUT2D eigenvalue weighted by Gasteiger charge is -2.06. The van der Waals surface area contributed by atoms with E-state index in [-0.39, 0.29) is 17.7 Å². The first-order chi connectivity index (χ1) is 10.5. The van der Waals surface area contributed by atoms with Crippen molar-refractivity contribution >= 4 is 23.9 Å². The molecule has 8 nitrogen and oxygen atoms in total. The smallest absolute Gasteiger partial charge is 0.413 e. The Labute approximate surface area is 126 Å². The quantitative estimate of drug-likeness (QED) is 0.636. The molecular weight excluding hydrogens is 294 g/mol. The highest BCUT2D eigenvalue weighted by molar-refractivity contribution is 5.96. The molecule has 0 aromatic heterocycles. The van der Waals surface area contributed by atoms with E-state index in [1.54, 1.807) is 6.92 Å². The van der Waals surface area contributed by atoms with Crippen LogP contribution in [0.4, 0.5) is 4.79 Å². The Morgan fingerprint density at radius 2 is 1.50 bits per heavy atom. The summed E-state index contributed by atoms with van der Waals surface area (Å²) in [6.07, 6.45) is -0.911. The van der Waals surface area contributed by atoms with Gasteiger partial charge in [0.25, 0.3) is 5.91 Å². The second-order valence-electron chi connectivity index (χ2n) is 3.91. The summed E-state index contributed by atoms with van der Waals surface area (Å²) in [7, 11) is 1.24. The third-order valence-electron chi connectivity index (χ3n) is 2.39. The number of esters is 2. The number of hydrogen-bond donors (Lipinski definition) is 1. The van der Waals surface area contributed by atoms with Crippen LogP contribution in [0.1, 0.15) is 27.6 Å². The van der Waals surface area contributed by atoms with E-state index < -0.39 is 30.5 Å². The minimum Gasteiger partial charge on any atom is -0.465 e. The minimum atomic E-state index is -0.911. The Bertz CT molecular complexity index is 565. The fraction of sp³-hybridized carbons (Fsp3) is 0.286. The van der Waals surface area contributed by atoms with Gasteiger partial charge in [0.2, 0.25) is 0 Å². The number of alkyl carbamates (subject to hydrolysis) is 1. The molecule has 1 rings (SSSR count). The Kier molecular flexibility index (Phi) is 6.55. The van der Waals surface area contributed by atoms with E-state index in [9.17, 15) is 19.2 Å². The third kappa shape index (κ3) is 5.23. The molecule has 0 atom stereocenters. The second kappa shape index (κ2) is 8.40. The molecule has 0 aliphatic carbocycles. The predicted molar refractivity (Wildman–Crippen MR) is 73.2 cm³/mol. The van der Waals surface area contributed by atoms with Crippen molar-refractivity contribution in [1.29, 1.82) is 0 Å². The maximum atomic E-state index is 11.7. The number of carbonyl (C=O) groups is 4. The fourth-order valence-corrected chi connectivity index (χ4v) is 1.39. The van der Waals surface area contributed by atoms with Gasteiger partial charge in [-0.05, 0) is 31.2 Å². The van der Waals surface area contributed by atoms with Gasteiger partial charge in [0.15, 0.2) is 6.61 Å². The second-order valence-corrected chi connectivity index (χ2v) is 3.91. The van der Waals surface area contributed by atoms with Gasteiger partial charge in [-0.1, -0.05) is 0 Å². The van der Waals surface area contributed by atoms with Gasteiger partial charge in [0.1, 0.15) is 0 Å². The summed E-state index contributed by atoms with van der Waals surface area (Å²) in [6, 6.07) is 5.50. The van der Waals surface area contributed by atoms with Gasteiger partial charge >= 0.3 is 18.0 Å². The number of imide groups is 1. The number of rotatable bonds is 5. The van der Waals surface area contributed by atoms with E-state index in [1.165, 1.54) is 31.4 Å². The van der Waals surface area contributed by atoms with Gasteiger partial charge in [0, 0.05) is 0 Å². The summed E-state index contributed by atoms with van der Waals surface area (Å²) < 4.78 is 13.7. The van der Waals surface area contributed by atoms with E-state index in [0.29, 0.717) is 0 Å². The first-order valence-electron chi connectivity index (χ1n) is 6.30. The van der Waals surface area contributed by atoms with Crippen LogP contribution in [0, 0.1) is 0 Å². The van der Waals surface area contributed by atoms with E-state index >= 15 is 0 Å². The van der Waals surface area contributed by atoms with E-state index in [1.807, 2.05) is 5.32 Å². The van der Waals surface area contributed by atoms with E-state index in [4.69, 9.17) is 4.74 Å². The van der Waals surface area contributed by atoms with Crippen molar-refractivity contribution in [2.75, 3.05) is 20.3 Å². The molecule has 0 saturated carbocycles. The average Bonchev–Trinajstić information content (AvgIpc) is 2.52. The predicted octanol–water partition coefficient (Wildman–Crippen LogP) is 0.903. The van der Waals surface area contributed by atoms with Crippen molar-refractivity contribution in [3.63, 3.8) is 0 Å². The van der Waals surface area contributed by atoms with Crippen LogP contribution in [0.3, 0.4) is 0 Å². The zero-order valence-corrected chi connectivity index (χ0v) is 12.1. The highest BCUT2D eigenvalue weighted by atomic mass is 16.6. The van der Waals surface area contributed by atoms with Crippen molar-refractivity contribution in [2.24, 2.45) is 0 Å². The van der Waals surface area contributed by atoms with Gasteiger partial charge < -0.3 is 14.2 Å². The fourth-order valence-electron chi connectivity index (χ4n) is 1.39. The molecule has 0 aliphatic heterocycles. The van der Waals surface area contributed by atoms with E-state index in [0.717, 1.165) is 0 Å². The molecule has 1 aromatic rings. The minimum absolute atomic E-state index is 0.117. The number of amides is 2. The molecule has 1 aromatic carbocycles. The van der Waals surface area contributed by atoms with Gasteiger partial charge in [-0.25, -0.2) is 14.4 Å². The van der Waals surface area contributed by atoms with Crippen molar-refractivity contribution in [1.82, 2.24) is 5.32 Å². The summed E-state index contributed by atoms with van der Waals surface area (Å²) in [5.74, 6) is -2.11. The summed E-state index contributed by atoms with van der Waals surface area (Å²) in [5, 5.41) is 1.88. The maximum absolute atomic E-state index is 11.7. The molecule has 0 fully saturated rings. The van der Waals surface area contributed by atoms with Crippen LogP contribution in [0.2, 0.25) is 0 Å². The Morgan fingerprint density at radius 3 is 2.00 bits per heavy atom. The van der Waals surface area contributed by atoms with Crippen LogP contribution in [0.15, 0.2) is 24.3 Å². The van der Waals surface area contributed by atoms with Gasteiger partial charge in [-0.2, -0.15) is 0 Å². The molecular formula is C14H15NO7. The molecule has 2 amide bonds. The molecule has 22 heavy (non-hydrogen) atoms. The van der Waals surface area contributed by atoms with Crippen LogP contribution >= 0.6 is 0 Å². The Balaban J connectivity index is 2.50. The number of nitrogens with one attached hydrogen (secondary N) is 1. The molecule has 0 radical (unpaired) electrons. The van der Waals surface area contributed by atoms with Crippen LogP contribution in [0.5, 0.6) is 0 Å². The lowest BCUT2D eigenvalue weighted by Crippen LogP contribution is -2.34. The zero-order valence-electron chi connectivity index (χ0n) is 12.1. The van der Waals surface area contributed by atoms with Crippen molar-refractivity contribution in [2.45, 2.75) is 6.92 Å². The summed E-state index contributed by atoms with van der Waals surface area (Å²) >= 11 is 0. The molecule has 8 heteroatoms. The standard InChI is InChI=1S/C14H15NO7/c1-3-21-14(19)15-11(16)8-22-13(18)10-6-4-9(5-7-10)12(17)20-2/h4-7H,3,8H2,1-2H3,(H,15,16,19). The SMILES string of the molecule is CCOC(=O)NC(=O)COC(=O)c1ccc(C(=O)OC)cc1. The maximum Gasteiger partial charge on any atom is 0.413 e. The van der Waals surface area contributed by atoms with Gasteiger partial charge in [-0.15, -0.1) is 0 Å². The highest BCUT2D eigenvalue weighted by Gasteiger charge is 2.13. The van der Waals surface area contributed by atoms with Crippen LogP contribution in [-0.2, 0) is 19.0 Å². The van der Waals surface area contributed by atoms with Gasteiger partial charge in [0.05, 0.1) is 24.8 Å². The monoisotopic (exact) mass is 309 g/mol. The lowest BCUT2D eigenvalue weighted by molar-refractivity contribution is -0.123. The number of benzene rings is 1. The Hall–Kier alpha value is -2.90. The molecule has 0 heterocycles. The molecule has 0 bridgehead atoms. The normalized spacial score (nSPS) is 9.55. The molecule has 1 N–H and O–H groups in total. The van der Waals surface area contributed by atoms with Crippen LogP contribution in [0.25, 0.3) is 0 Å². The average molecular weight is 309 g/mol. The summed E-state index contributed by atoms with van der Waals surface area (Å²) in [6.45, 7) is 1.07. The highest BCUT2D eigenvalue weighted by Crippen LogP contribution is 2.07. The third-order valence-corrected chi connectivity index (χ3v) is 2.39. The molecule has 0 unspecified atom stereocenters. The Morgan fingerprint density at radius 1 is 0.955 bits per heavy atom. The zero-order chi connectivity index (χ0) is 16.5. The topological polar surface area (TPSA) is 108 Å². The van der Waals surface area contributed by atoms with Crippen molar-refractivity contribution in [3.8, 4) is 0 Å². The number of hydrogen-bond acceptors (Lipinski definition) is 7. The number of carbonyl (C=O) groups excluding carboxylic acids is 4. The van der Waals surface area contributed by atoms with E-state index in [2.05, 4.69) is 9.47 Å². The molecule has 0 spiro atoms. The largest absolute Gasteiger partial charge is 0.465 e. The van der Waals surface area contributed by atoms with Crippen LogP contribution < -0.4 is 5.32 Å².